The zero-order chi connectivity index (χ0) is 20.5. The average Bonchev–Trinajstić information content (AvgIpc) is 3.37. The highest BCUT2D eigenvalue weighted by molar-refractivity contribution is 5.62. The minimum atomic E-state index is 0.403. The molecule has 4 aromatic rings. The maximum Gasteiger partial charge on any atom is 0.0959 e. The fraction of sp³-hybridized carbons (Fsp3) is 0.308. The van der Waals surface area contributed by atoms with E-state index in [2.05, 4.69) is 83.6 Å². The van der Waals surface area contributed by atoms with Gasteiger partial charge in [0.2, 0.25) is 0 Å². The lowest BCUT2D eigenvalue weighted by atomic mass is 9.89. The van der Waals surface area contributed by atoms with Crippen LogP contribution in [-0.2, 0) is 0 Å². The number of imidazole rings is 2. The van der Waals surface area contributed by atoms with Crippen molar-refractivity contribution < 1.29 is 0 Å². The normalized spacial score (nSPS) is 19.1. The molecule has 0 bridgehead atoms. The quantitative estimate of drug-likeness (QED) is 0.401. The first-order valence-electron chi connectivity index (χ1n) is 10.9. The molecular weight excluding hydrogens is 368 g/mol. The topological polar surface area (TPSA) is 35.6 Å². The number of hydrogen-bond acceptors (Lipinski definition) is 2. The lowest BCUT2D eigenvalue weighted by Gasteiger charge is -2.35. The Bertz CT molecular complexity index is 1030. The molecule has 0 N–H and O–H groups in total. The van der Waals surface area contributed by atoms with E-state index in [0.717, 1.165) is 11.4 Å². The fourth-order valence-electron chi connectivity index (χ4n) is 5.01. The monoisotopic (exact) mass is 396 g/mol. The highest BCUT2D eigenvalue weighted by atomic mass is 15.2. The molecule has 0 spiro atoms. The summed E-state index contributed by atoms with van der Waals surface area (Å²) in [7, 11) is 0. The minimum absolute atomic E-state index is 0.403. The SMILES string of the molecule is Cc1c(-c2ccccc2)ncn1[C@H]1CCCC[C@@H]1n1cnc(-c2ccccc2)c1C. The van der Waals surface area contributed by atoms with Crippen LogP contribution < -0.4 is 0 Å². The first kappa shape index (κ1) is 18.9. The summed E-state index contributed by atoms with van der Waals surface area (Å²) in [5, 5.41) is 0. The van der Waals surface area contributed by atoms with Crippen molar-refractivity contribution in [3.8, 4) is 22.5 Å². The lowest BCUT2D eigenvalue weighted by Crippen LogP contribution is -2.27. The van der Waals surface area contributed by atoms with Gasteiger partial charge in [0.05, 0.1) is 36.1 Å². The number of nitrogens with zero attached hydrogens (tertiary/aromatic N) is 4. The van der Waals surface area contributed by atoms with E-state index in [9.17, 15) is 0 Å². The lowest BCUT2D eigenvalue weighted by molar-refractivity contribution is 0.235. The van der Waals surface area contributed by atoms with Crippen molar-refractivity contribution in [2.45, 2.75) is 51.6 Å². The van der Waals surface area contributed by atoms with Crippen molar-refractivity contribution in [3.63, 3.8) is 0 Å². The molecular formula is C26H28N4. The molecule has 0 aliphatic heterocycles. The third-order valence-corrected chi connectivity index (χ3v) is 6.59. The summed E-state index contributed by atoms with van der Waals surface area (Å²) < 4.78 is 4.82. The Kier molecular flexibility index (Phi) is 4.99. The second-order valence-corrected chi connectivity index (χ2v) is 8.32. The van der Waals surface area contributed by atoms with E-state index in [4.69, 9.17) is 9.97 Å². The Hall–Kier alpha value is -3.14. The van der Waals surface area contributed by atoms with Crippen molar-refractivity contribution in [1.29, 1.82) is 0 Å². The second-order valence-electron chi connectivity index (χ2n) is 8.32. The molecule has 1 aliphatic rings. The summed E-state index contributed by atoms with van der Waals surface area (Å²) in [6.07, 6.45) is 8.97. The molecule has 30 heavy (non-hydrogen) atoms. The Balaban J connectivity index is 1.51. The standard InChI is InChI=1S/C26H28N4/c1-19-25(21-11-5-3-6-12-21)27-17-29(19)23-15-9-10-16-24(23)30-18-28-26(20(30)2)22-13-7-4-8-14-22/h3-8,11-14,17-18,23-24H,9-10,15-16H2,1-2H3/t23-,24-/m0/s1. The molecule has 0 amide bonds. The van der Waals surface area contributed by atoms with Crippen molar-refractivity contribution in [2.24, 2.45) is 0 Å². The van der Waals surface area contributed by atoms with Gasteiger partial charge in [0.1, 0.15) is 0 Å². The first-order chi connectivity index (χ1) is 14.7. The van der Waals surface area contributed by atoms with Gasteiger partial charge in [0, 0.05) is 22.5 Å². The van der Waals surface area contributed by atoms with Crippen molar-refractivity contribution >= 4 is 0 Å². The molecule has 0 unspecified atom stereocenters. The van der Waals surface area contributed by atoms with Gasteiger partial charge in [-0.25, -0.2) is 9.97 Å². The summed E-state index contributed by atoms with van der Waals surface area (Å²) in [5.74, 6) is 0. The molecule has 2 aromatic carbocycles. The summed E-state index contributed by atoms with van der Waals surface area (Å²) in [6, 6.07) is 21.8. The molecule has 2 atom stereocenters. The van der Waals surface area contributed by atoms with E-state index in [-0.39, 0.29) is 0 Å². The van der Waals surface area contributed by atoms with Crippen LogP contribution in [0, 0.1) is 13.8 Å². The van der Waals surface area contributed by atoms with Gasteiger partial charge in [-0.2, -0.15) is 0 Å². The van der Waals surface area contributed by atoms with E-state index in [1.807, 2.05) is 12.7 Å². The smallest absolute Gasteiger partial charge is 0.0959 e. The molecule has 2 aromatic heterocycles. The van der Waals surface area contributed by atoms with Gasteiger partial charge in [-0.3, -0.25) is 0 Å². The predicted octanol–water partition coefficient (Wildman–Crippen LogP) is 6.39. The van der Waals surface area contributed by atoms with E-state index in [0.29, 0.717) is 12.1 Å². The van der Waals surface area contributed by atoms with Crippen LogP contribution in [0.1, 0.15) is 49.2 Å². The summed E-state index contributed by atoms with van der Waals surface area (Å²) in [5.41, 5.74) is 7.05. The van der Waals surface area contributed by atoms with Gasteiger partial charge in [-0.15, -0.1) is 0 Å². The molecule has 0 radical (unpaired) electrons. The summed E-state index contributed by atoms with van der Waals surface area (Å²) >= 11 is 0. The molecule has 1 aliphatic carbocycles. The van der Waals surface area contributed by atoms with Crippen LogP contribution in [-0.4, -0.2) is 19.1 Å². The maximum absolute atomic E-state index is 4.80. The van der Waals surface area contributed by atoms with Gasteiger partial charge < -0.3 is 9.13 Å². The van der Waals surface area contributed by atoms with Gasteiger partial charge in [-0.1, -0.05) is 73.5 Å². The molecule has 2 heterocycles. The highest BCUT2D eigenvalue weighted by Gasteiger charge is 2.31. The summed E-state index contributed by atoms with van der Waals surface area (Å²) in [4.78, 5) is 9.61. The van der Waals surface area contributed by atoms with Gasteiger partial charge in [-0.05, 0) is 26.7 Å². The van der Waals surface area contributed by atoms with Gasteiger partial charge in [0.25, 0.3) is 0 Å². The van der Waals surface area contributed by atoms with E-state index >= 15 is 0 Å². The van der Waals surface area contributed by atoms with Crippen molar-refractivity contribution in [1.82, 2.24) is 19.1 Å². The first-order valence-corrected chi connectivity index (χ1v) is 10.9. The number of benzene rings is 2. The molecule has 1 fully saturated rings. The predicted molar refractivity (Wildman–Crippen MR) is 121 cm³/mol. The van der Waals surface area contributed by atoms with Crippen LogP contribution in [0.25, 0.3) is 22.5 Å². The minimum Gasteiger partial charge on any atom is -0.329 e. The van der Waals surface area contributed by atoms with Crippen LogP contribution in [0.3, 0.4) is 0 Å². The van der Waals surface area contributed by atoms with Gasteiger partial charge >= 0.3 is 0 Å². The largest absolute Gasteiger partial charge is 0.329 e. The van der Waals surface area contributed by atoms with Crippen LogP contribution in [0.2, 0.25) is 0 Å². The Morgan fingerprint density at radius 3 is 1.43 bits per heavy atom. The van der Waals surface area contributed by atoms with Crippen LogP contribution in [0.4, 0.5) is 0 Å². The van der Waals surface area contributed by atoms with E-state index in [1.54, 1.807) is 0 Å². The average molecular weight is 397 g/mol. The molecule has 1 saturated carbocycles. The zero-order valence-corrected chi connectivity index (χ0v) is 17.7. The Labute approximate surface area is 178 Å². The Morgan fingerprint density at radius 2 is 1.03 bits per heavy atom. The third kappa shape index (κ3) is 3.26. The number of rotatable bonds is 4. The van der Waals surface area contributed by atoms with E-state index < -0.39 is 0 Å². The highest BCUT2D eigenvalue weighted by Crippen LogP contribution is 2.41. The van der Waals surface area contributed by atoms with Crippen LogP contribution in [0.15, 0.2) is 73.3 Å². The second kappa shape index (κ2) is 7.94. The fourth-order valence-corrected chi connectivity index (χ4v) is 5.01. The molecule has 4 heteroatoms. The van der Waals surface area contributed by atoms with Gasteiger partial charge in [0.15, 0.2) is 0 Å². The molecule has 0 saturated heterocycles. The molecule has 4 nitrogen and oxygen atoms in total. The Morgan fingerprint density at radius 1 is 0.633 bits per heavy atom. The number of hydrogen-bond donors (Lipinski definition) is 0. The van der Waals surface area contributed by atoms with Crippen molar-refractivity contribution in [3.05, 3.63) is 84.7 Å². The number of aromatic nitrogens is 4. The van der Waals surface area contributed by atoms with Crippen LogP contribution >= 0.6 is 0 Å². The van der Waals surface area contributed by atoms with Crippen molar-refractivity contribution in [2.75, 3.05) is 0 Å². The maximum atomic E-state index is 4.80. The molecule has 152 valence electrons. The molecule has 5 rings (SSSR count). The zero-order valence-electron chi connectivity index (χ0n) is 17.7. The third-order valence-electron chi connectivity index (χ3n) is 6.59. The van der Waals surface area contributed by atoms with E-state index in [1.165, 1.54) is 48.2 Å². The summed E-state index contributed by atoms with van der Waals surface area (Å²) in [6.45, 7) is 4.41. The van der Waals surface area contributed by atoms with Crippen LogP contribution in [0.5, 0.6) is 0 Å².